The Morgan fingerprint density at radius 1 is 1.31 bits per heavy atom. The van der Waals surface area contributed by atoms with Crippen LogP contribution in [0, 0.1) is 6.92 Å². The molecule has 0 atom stereocenters. The van der Waals surface area contributed by atoms with Gasteiger partial charge in [0.15, 0.2) is 0 Å². The molecule has 0 amide bonds. The van der Waals surface area contributed by atoms with Gasteiger partial charge in [0.25, 0.3) is 0 Å². The first-order valence-corrected chi connectivity index (χ1v) is 6.30. The Balaban J connectivity index is 2.26. The van der Waals surface area contributed by atoms with E-state index in [1.54, 1.807) is 4.68 Å². The van der Waals surface area contributed by atoms with Crippen LogP contribution in [0.5, 0.6) is 0 Å². The molecule has 0 bridgehead atoms. The highest BCUT2D eigenvalue weighted by atomic mass is 35.5. The van der Waals surface area contributed by atoms with Crippen molar-refractivity contribution in [3.63, 3.8) is 0 Å². The summed E-state index contributed by atoms with van der Waals surface area (Å²) in [6.07, 6.45) is 4.92. The summed E-state index contributed by atoms with van der Waals surface area (Å²) < 4.78 is 7.29. The summed E-state index contributed by atoms with van der Waals surface area (Å²) in [5.74, 6) is 0. The van der Waals surface area contributed by atoms with E-state index in [-0.39, 0.29) is 0 Å². The van der Waals surface area contributed by atoms with Crippen molar-refractivity contribution in [2.24, 2.45) is 7.05 Å². The number of hydrogen-bond acceptors (Lipinski definition) is 2. The number of aromatic nitrogens is 2. The van der Waals surface area contributed by atoms with E-state index < -0.39 is 0 Å². The number of halogens is 1. The largest absolute Gasteiger partial charge is 0.377 e. The molecule has 0 saturated carbocycles. The van der Waals surface area contributed by atoms with E-state index in [0.717, 1.165) is 24.3 Å². The van der Waals surface area contributed by atoms with E-state index in [1.165, 1.54) is 19.3 Å². The fraction of sp³-hybridized carbons (Fsp3) is 0.750. The van der Waals surface area contributed by atoms with Crippen LogP contribution in [-0.4, -0.2) is 16.4 Å². The van der Waals surface area contributed by atoms with Gasteiger partial charge >= 0.3 is 0 Å². The van der Waals surface area contributed by atoms with Gasteiger partial charge in [0.1, 0.15) is 5.15 Å². The van der Waals surface area contributed by atoms with Crippen LogP contribution in [0.25, 0.3) is 0 Å². The Labute approximate surface area is 103 Å². The molecule has 0 unspecified atom stereocenters. The zero-order chi connectivity index (χ0) is 12.0. The first-order chi connectivity index (χ1) is 7.66. The Hall–Kier alpha value is -0.540. The minimum absolute atomic E-state index is 0.574. The molecule has 1 aromatic rings. The molecule has 0 spiro atoms. The van der Waals surface area contributed by atoms with Crippen LogP contribution in [0.2, 0.25) is 5.15 Å². The van der Waals surface area contributed by atoms with Crippen molar-refractivity contribution in [1.29, 1.82) is 0 Å². The molecule has 0 fully saturated rings. The first-order valence-electron chi connectivity index (χ1n) is 5.92. The lowest BCUT2D eigenvalue weighted by Gasteiger charge is -2.03. The minimum atomic E-state index is 0.574. The third-order valence-electron chi connectivity index (χ3n) is 2.66. The summed E-state index contributed by atoms with van der Waals surface area (Å²) in [5.41, 5.74) is 1.97. The number of ether oxygens (including phenoxy) is 1. The molecule has 4 heteroatoms. The van der Waals surface area contributed by atoms with E-state index >= 15 is 0 Å². The molecule has 0 N–H and O–H groups in total. The predicted octanol–water partition coefficient (Wildman–Crippen LogP) is 3.48. The van der Waals surface area contributed by atoms with Crippen molar-refractivity contribution >= 4 is 11.6 Å². The molecule has 92 valence electrons. The van der Waals surface area contributed by atoms with Crippen LogP contribution in [0.15, 0.2) is 0 Å². The molecule has 0 radical (unpaired) electrons. The maximum absolute atomic E-state index is 6.10. The van der Waals surface area contributed by atoms with Crippen LogP contribution < -0.4 is 0 Å². The standard InChI is InChI=1S/C12H21ClN2O/c1-4-5-6-7-8-16-9-11-10(2)14-15(3)12(11)13/h4-9H2,1-3H3. The van der Waals surface area contributed by atoms with Gasteiger partial charge in [0.2, 0.25) is 0 Å². The number of unbranched alkanes of at least 4 members (excludes halogenated alkanes) is 3. The maximum atomic E-state index is 6.10. The monoisotopic (exact) mass is 244 g/mol. The van der Waals surface area contributed by atoms with Gasteiger partial charge in [-0.15, -0.1) is 0 Å². The van der Waals surface area contributed by atoms with Crippen molar-refractivity contribution in [1.82, 2.24) is 9.78 Å². The van der Waals surface area contributed by atoms with Gasteiger partial charge in [-0.1, -0.05) is 37.8 Å². The van der Waals surface area contributed by atoms with Crippen molar-refractivity contribution in [3.8, 4) is 0 Å². The first kappa shape index (κ1) is 13.5. The van der Waals surface area contributed by atoms with Crippen LogP contribution >= 0.6 is 11.6 Å². The molecule has 16 heavy (non-hydrogen) atoms. The molecule has 0 aliphatic carbocycles. The molecular formula is C12H21ClN2O. The molecule has 0 aliphatic heterocycles. The van der Waals surface area contributed by atoms with Crippen LogP contribution in [0.3, 0.4) is 0 Å². The normalized spacial score (nSPS) is 11.0. The Morgan fingerprint density at radius 3 is 2.62 bits per heavy atom. The highest BCUT2D eigenvalue weighted by Gasteiger charge is 2.10. The number of hydrogen-bond donors (Lipinski definition) is 0. The lowest BCUT2D eigenvalue weighted by Crippen LogP contribution is -1.97. The van der Waals surface area contributed by atoms with Crippen LogP contribution in [0.1, 0.15) is 43.9 Å². The Morgan fingerprint density at radius 2 is 2.06 bits per heavy atom. The van der Waals surface area contributed by atoms with Crippen LogP contribution in [0.4, 0.5) is 0 Å². The van der Waals surface area contributed by atoms with Crippen molar-refractivity contribution in [2.75, 3.05) is 6.61 Å². The predicted molar refractivity (Wildman–Crippen MR) is 66.8 cm³/mol. The summed E-state index contributed by atoms with van der Waals surface area (Å²) >= 11 is 6.10. The summed E-state index contributed by atoms with van der Waals surface area (Å²) in [4.78, 5) is 0. The van der Waals surface area contributed by atoms with Gasteiger partial charge in [-0.3, -0.25) is 4.68 Å². The van der Waals surface area contributed by atoms with Crippen LogP contribution in [-0.2, 0) is 18.4 Å². The smallest absolute Gasteiger partial charge is 0.132 e. The fourth-order valence-corrected chi connectivity index (χ4v) is 1.87. The van der Waals surface area contributed by atoms with Gasteiger partial charge in [-0.2, -0.15) is 5.10 Å². The van der Waals surface area contributed by atoms with E-state index in [2.05, 4.69) is 12.0 Å². The van der Waals surface area contributed by atoms with Gasteiger partial charge in [-0.05, 0) is 13.3 Å². The lowest BCUT2D eigenvalue weighted by molar-refractivity contribution is 0.116. The highest BCUT2D eigenvalue weighted by molar-refractivity contribution is 6.30. The summed E-state index contributed by atoms with van der Waals surface area (Å²) in [6.45, 7) is 5.55. The Kier molecular flexibility index (Phi) is 5.85. The molecule has 0 saturated heterocycles. The average Bonchev–Trinajstić information content (AvgIpc) is 2.49. The lowest BCUT2D eigenvalue weighted by atomic mass is 10.2. The third-order valence-corrected chi connectivity index (χ3v) is 3.13. The molecular weight excluding hydrogens is 224 g/mol. The number of aryl methyl sites for hydroxylation is 2. The van der Waals surface area contributed by atoms with E-state index in [9.17, 15) is 0 Å². The van der Waals surface area contributed by atoms with Crippen molar-refractivity contribution < 1.29 is 4.74 Å². The topological polar surface area (TPSA) is 27.1 Å². The maximum Gasteiger partial charge on any atom is 0.132 e. The fourth-order valence-electron chi connectivity index (χ4n) is 1.64. The Bertz CT molecular complexity index is 323. The molecule has 1 heterocycles. The van der Waals surface area contributed by atoms with Crippen molar-refractivity contribution in [3.05, 3.63) is 16.4 Å². The summed E-state index contributed by atoms with van der Waals surface area (Å²) in [7, 11) is 1.85. The number of rotatable bonds is 7. The highest BCUT2D eigenvalue weighted by Crippen LogP contribution is 2.19. The molecule has 0 aliphatic rings. The quantitative estimate of drug-likeness (QED) is 0.687. The minimum Gasteiger partial charge on any atom is -0.377 e. The molecule has 3 nitrogen and oxygen atoms in total. The van der Waals surface area contributed by atoms with Crippen molar-refractivity contribution in [2.45, 2.75) is 46.1 Å². The summed E-state index contributed by atoms with van der Waals surface area (Å²) in [5, 5.41) is 4.93. The zero-order valence-corrected chi connectivity index (χ0v) is 11.2. The van der Waals surface area contributed by atoms with E-state index in [1.807, 2.05) is 14.0 Å². The third kappa shape index (κ3) is 3.80. The second-order valence-electron chi connectivity index (χ2n) is 4.09. The van der Waals surface area contributed by atoms with Gasteiger partial charge in [0, 0.05) is 19.2 Å². The second-order valence-corrected chi connectivity index (χ2v) is 4.45. The molecule has 1 rings (SSSR count). The average molecular weight is 245 g/mol. The van der Waals surface area contributed by atoms with Gasteiger partial charge in [-0.25, -0.2) is 0 Å². The van der Waals surface area contributed by atoms with Gasteiger partial charge < -0.3 is 4.74 Å². The molecule has 0 aromatic carbocycles. The second kappa shape index (κ2) is 6.92. The number of nitrogens with zero attached hydrogens (tertiary/aromatic N) is 2. The zero-order valence-electron chi connectivity index (χ0n) is 10.4. The summed E-state index contributed by atoms with van der Waals surface area (Å²) in [6, 6.07) is 0. The van der Waals surface area contributed by atoms with E-state index in [0.29, 0.717) is 11.8 Å². The molecule has 1 aromatic heterocycles. The van der Waals surface area contributed by atoms with Gasteiger partial charge in [0.05, 0.1) is 12.3 Å². The van der Waals surface area contributed by atoms with E-state index in [4.69, 9.17) is 16.3 Å². The SMILES string of the molecule is CCCCCCOCc1c(C)nn(C)c1Cl.